The minimum atomic E-state index is -1.18. The van der Waals surface area contributed by atoms with Crippen LogP contribution in [0.25, 0.3) is 0 Å². The number of imidazole rings is 1. The smallest absolute Gasteiger partial charge is 0.321 e. The van der Waals surface area contributed by atoms with Crippen LogP contribution in [0.5, 0.6) is 5.75 Å². The summed E-state index contributed by atoms with van der Waals surface area (Å²) >= 11 is 12.1. The van der Waals surface area contributed by atoms with Crippen molar-refractivity contribution in [1.82, 2.24) is 14.9 Å². The molecule has 168 valence electrons. The number of halogens is 2. The van der Waals surface area contributed by atoms with Crippen LogP contribution in [0, 0.1) is 0 Å². The number of phenols is 1. The summed E-state index contributed by atoms with van der Waals surface area (Å²) in [5.74, 6) is -2.29. The molecule has 2 atom stereocenters. The van der Waals surface area contributed by atoms with Crippen molar-refractivity contribution < 1.29 is 24.9 Å². The predicted molar refractivity (Wildman–Crippen MR) is 119 cm³/mol. The molecule has 0 amide bonds. The van der Waals surface area contributed by atoms with E-state index in [0.717, 1.165) is 5.56 Å². The van der Waals surface area contributed by atoms with Gasteiger partial charge in [0.2, 0.25) is 0 Å². The molecule has 3 rings (SSSR count). The van der Waals surface area contributed by atoms with Crippen molar-refractivity contribution >= 4 is 35.1 Å². The summed E-state index contributed by atoms with van der Waals surface area (Å²) in [4.78, 5) is 27.7. The monoisotopic (exact) mass is 477 g/mol. The molecule has 0 saturated carbocycles. The summed E-state index contributed by atoms with van der Waals surface area (Å²) in [5, 5.41) is 32.4. The normalized spacial score (nSPS) is 12.9. The zero-order valence-corrected chi connectivity index (χ0v) is 18.3. The van der Waals surface area contributed by atoms with Gasteiger partial charge in [-0.05, 0) is 47.9 Å². The molecule has 32 heavy (non-hydrogen) atoms. The van der Waals surface area contributed by atoms with Gasteiger partial charge >= 0.3 is 11.9 Å². The standard InChI is InChI=1S/C22H21Cl2N3O5/c23-15-5-14(6-16(24)8-15)11-27-12-25-10-17(27)9-20(22(31)32)26-19(21(29)30)7-13-1-3-18(28)4-2-13/h1-6,8,10,12,19-20,26,28H,7,9,11H2,(H,29,30)(H,31,32). The van der Waals surface area contributed by atoms with Gasteiger partial charge in [0.15, 0.2) is 0 Å². The Morgan fingerprint density at radius 3 is 2.12 bits per heavy atom. The Morgan fingerprint density at radius 2 is 1.53 bits per heavy atom. The van der Waals surface area contributed by atoms with Crippen LogP contribution in [-0.4, -0.2) is 48.9 Å². The third-order valence-electron chi connectivity index (χ3n) is 4.86. The molecule has 2 unspecified atom stereocenters. The number of nitrogens with zero attached hydrogens (tertiary/aromatic N) is 2. The van der Waals surface area contributed by atoms with E-state index in [0.29, 0.717) is 27.8 Å². The van der Waals surface area contributed by atoms with E-state index >= 15 is 0 Å². The molecule has 1 heterocycles. The van der Waals surface area contributed by atoms with Gasteiger partial charge in [0.05, 0.1) is 6.33 Å². The van der Waals surface area contributed by atoms with E-state index in [-0.39, 0.29) is 18.6 Å². The molecular weight excluding hydrogens is 457 g/mol. The van der Waals surface area contributed by atoms with E-state index in [2.05, 4.69) is 10.3 Å². The average molecular weight is 478 g/mol. The van der Waals surface area contributed by atoms with Crippen LogP contribution in [0.1, 0.15) is 16.8 Å². The second kappa shape index (κ2) is 10.5. The van der Waals surface area contributed by atoms with E-state index in [1.54, 1.807) is 47.4 Å². The first-order valence-corrected chi connectivity index (χ1v) is 10.4. The number of hydrogen-bond donors (Lipinski definition) is 4. The Hall–Kier alpha value is -3.07. The molecule has 3 aromatic rings. The van der Waals surface area contributed by atoms with Crippen LogP contribution in [0.4, 0.5) is 0 Å². The Morgan fingerprint density at radius 1 is 0.938 bits per heavy atom. The van der Waals surface area contributed by atoms with Gasteiger partial charge in [-0.2, -0.15) is 0 Å². The van der Waals surface area contributed by atoms with Crippen molar-refractivity contribution in [1.29, 1.82) is 0 Å². The molecule has 0 saturated heterocycles. The van der Waals surface area contributed by atoms with Gasteiger partial charge in [0.25, 0.3) is 0 Å². The second-order valence-corrected chi connectivity index (χ2v) is 8.19. The lowest BCUT2D eigenvalue weighted by molar-refractivity contribution is -0.142. The SMILES string of the molecule is O=C(O)C(Cc1ccc(O)cc1)NC(Cc1cncn1Cc1cc(Cl)cc(Cl)c1)C(=O)O. The highest BCUT2D eigenvalue weighted by molar-refractivity contribution is 6.34. The van der Waals surface area contributed by atoms with Crippen LogP contribution < -0.4 is 5.32 Å². The molecule has 0 radical (unpaired) electrons. The van der Waals surface area contributed by atoms with Gasteiger partial charge < -0.3 is 19.9 Å². The Kier molecular flexibility index (Phi) is 7.74. The first kappa shape index (κ1) is 23.6. The topological polar surface area (TPSA) is 125 Å². The first-order chi connectivity index (χ1) is 15.2. The number of phenolic OH excluding ortho intramolecular Hbond substituents is 1. The van der Waals surface area contributed by atoms with Gasteiger partial charge in [-0.15, -0.1) is 0 Å². The van der Waals surface area contributed by atoms with Crippen LogP contribution in [0.15, 0.2) is 55.0 Å². The highest BCUT2D eigenvalue weighted by Crippen LogP contribution is 2.20. The van der Waals surface area contributed by atoms with Crippen LogP contribution in [0.2, 0.25) is 10.0 Å². The molecule has 0 aliphatic rings. The first-order valence-electron chi connectivity index (χ1n) is 9.65. The van der Waals surface area contributed by atoms with Crippen molar-refractivity contribution in [3.63, 3.8) is 0 Å². The predicted octanol–water partition coefficient (Wildman–Crippen LogP) is 3.23. The Bertz CT molecular complexity index is 1080. The van der Waals surface area contributed by atoms with Crippen LogP contribution in [-0.2, 0) is 29.0 Å². The summed E-state index contributed by atoms with van der Waals surface area (Å²) in [6, 6.07) is 8.90. The quantitative estimate of drug-likeness (QED) is 0.353. The fourth-order valence-electron chi connectivity index (χ4n) is 3.31. The Balaban J connectivity index is 1.75. The number of aliphatic carboxylic acids is 2. The lowest BCUT2D eigenvalue weighted by atomic mass is 10.0. The fourth-order valence-corrected chi connectivity index (χ4v) is 3.89. The van der Waals surface area contributed by atoms with E-state index < -0.39 is 24.0 Å². The average Bonchev–Trinajstić information content (AvgIpc) is 3.13. The molecule has 0 aliphatic heterocycles. The van der Waals surface area contributed by atoms with Crippen molar-refractivity contribution in [3.05, 3.63) is 81.9 Å². The minimum Gasteiger partial charge on any atom is -0.508 e. The van der Waals surface area contributed by atoms with Crippen LogP contribution in [0.3, 0.4) is 0 Å². The maximum atomic E-state index is 11.9. The van der Waals surface area contributed by atoms with Crippen molar-refractivity contribution in [2.75, 3.05) is 0 Å². The summed E-state index contributed by atoms with van der Waals surface area (Å²) < 4.78 is 1.76. The van der Waals surface area contributed by atoms with Crippen LogP contribution >= 0.6 is 23.2 Å². The van der Waals surface area contributed by atoms with Gasteiger partial charge in [-0.3, -0.25) is 14.9 Å². The number of aromatic nitrogens is 2. The highest BCUT2D eigenvalue weighted by Gasteiger charge is 2.27. The van der Waals surface area contributed by atoms with E-state index in [9.17, 15) is 24.9 Å². The lowest BCUT2D eigenvalue weighted by Crippen LogP contribution is -2.49. The van der Waals surface area contributed by atoms with E-state index in [4.69, 9.17) is 23.2 Å². The number of benzene rings is 2. The lowest BCUT2D eigenvalue weighted by Gasteiger charge is -2.21. The maximum Gasteiger partial charge on any atom is 0.321 e. The van der Waals surface area contributed by atoms with Gasteiger partial charge in [-0.25, -0.2) is 4.98 Å². The molecule has 0 aliphatic carbocycles. The largest absolute Gasteiger partial charge is 0.508 e. The number of rotatable bonds is 10. The second-order valence-electron chi connectivity index (χ2n) is 7.31. The summed E-state index contributed by atoms with van der Waals surface area (Å²) in [7, 11) is 0. The summed E-state index contributed by atoms with van der Waals surface area (Å²) in [6.45, 7) is 0.373. The van der Waals surface area contributed by atoms with Crippen molar-refractivity contribution in [2.45, 2.75) is 31.5 Å². The molecule has 0 fully saturated rings. The minimum absolute atomic E-state index is 0.0169. The summed E-state index contributed by atoms with van der Waals surface area (Å²) in [6.07, 6.45) is 3.18. The third-order valence-corrected chi connectivity index (χ3v) is 5.30. The molecule has 0 bridgehead atoms. The molecule has 0 spiro atoms. The highest BCUT2D eigenvalue weighted by atomic mass is 35.5. The number of hydrogen-bond acceptors (Lipinski definition) is 5. The number of carbonyl (C=O) groups is 2. The summed E-state index contributed by atoms with van der Waals surface area (Å²) in [5.41, 5.74) is 2.07. The molecule has 2 aromatic carbocycles. The Labute approximate surface area is 194 Å². The van der Waals surface area contributed by atoms with Crippen molar-refractivity contribution in [3.8, 4) is 5.75 Å². The number of carboxylic acids is 2. The number of carboxylic acid groups (broad SMARTS) is 2. The zero-order chi connectivity index (χ0) is 23.3. The molecule has 8 nitrogen and oxygen atoms in total. The van der Waals surface area contributed by atoms with Gasteiger partial charge in [-0.1, -0.05) is 35.3 Å². The van der Waals surface area contributed by atoms with E-state index in [1.165, 1.54) is 12.1 Å². The van der Waals surface area contributed by atoms with E-state index in [1.807, 2.05) is 0 Å². The number of nitrogens with one attached hydrogen (secondary N) is 1. The van der Waals surface area contributed by atoms with Gasteiger partial charge in [0.1, 0.15) is 17.8 Å². The molecular formula is C22H21Cl2N3O5. The number of aromatic hydroxyl groups is 1. The zero-order valence-electron chi connectivity index (χ0n) is 16.8. The van der Waals surface area contributed by atoms with Crippen molar-refractivity contribution in [2.24, 2.45) is 0 Å². The molecule has 4 N–H and O–H groups in total. The fraction of sp³-hybridized carbons (Fsp3) is 0.227. The third kappa shape index (κ3) is 6.46. The molecule has 1 aromatic heterocycles. The van der Waals surface area contributed by atoms with Gasteiger partial charge in [0, 0.05) is 34.9 Å². The molecule has 10 heteroatoms. The maximum absolute atomic E-state index is 11.9.